The Balaban J connectivity index is 1.50. The van der Waals surface area contributed by atoms with Crippen molar-refractivity contribution in [2.45, 2.75) is 62.9 Å². The molecule has 0 aromatic heterocycles. The van der Waals surface area contributed by atoms with Gasteiger partial charge in [-0.15, -0.1) is 0 Å². The fourth-order valence-electron chi connectivity index (χ4n) is 4.74. The molecule has 5 N–H and O–H groups in total. The molecular formula is C34H38N4O7. The van der Waals surface area contributed by atoms with Crippen LogP contribution in [0.2, 0.25) is 0 Å². The minimum Gasteiger partial charge on any atom is -0.445 e. The van der Waals surface area contributed by atoms with Crippen LogP contribution in [0.5, 0.6) is 0 Å². The molecule has 11 nitrogen and oxygen atoms in total. The summed E-state index contributed by atoms with van der Waals surface area (Å²) in [6.45, 7) is 1.90. The van der Waals surface area contributed by atoms with Gasteiger partial charge < -0.3 is 31.2 Å². The number of carbonyl (C=O) groups is 5. The third-order valence-electron chi connectivity index (χ3n) is 7.43. The molecule has 1 saturated heterocycles. The second-order valence-corrected chi connectivity index (χ2v) is 11.1. The standard InChI is InChI=1S/C34H38N4O7/c1-34(22-45-34)30(40)27(19-23-11-5-2-6-12-23)36-32(42)28(20-24-13-7-3-8-14-24)37-31(41)26(17-18-29(35)39)38-33(43)44-21-25-15-9-4-10-16-25/h2-16,26-28H,17-22H2,1H3,(H2,35,39)(H,36,42)(H,37,41)(H,38,43)/t26-,27-,28-,34-/m0/s1. The summed E-state index contributed by atoms with van der Waals surface area (Å²) in [4.78, 5) is 64.9. The smallest absolute Gasteiger partial charge is 0.408 e. The van der Waals surface area contributed by atoms with Crippen molar-refractivity contribution in [3.05, 3.63) is 108 Å². The maximum absolute atomic E-state index is 13.8. The maximum Gasteiger partial charge on any atom is 0.408 e. The topological polar surface area (TPSA) is 169 Å². The number of Topliss-reactive ketones (excluding diaryl/α,β-unsaturated/α-hetero) is 1. The van der Waals surface area contributed by atoms with E-state index in [-0.39, 0.29) is 44.7 Å². The van der Waals surface area contributed by atoms with Gasteiger partial charge >= 0.3 is 6.09 Å². The first-order valence-corrected chi connectivity index (χ1v) is 14.8. The van der Waals surface area contributed by atoms with Gasteiger partial charge in [0.25, 0.3) is 0 Å². The van der Waals surface area contributed by atoms with Crippen molar-refractivity contribution >= 4 is 29.6 Å². The van der Waals surface area contributed by atoms with E-state index in [1.807, 2.05) is 54.6 Å². The van der Waals surface area contributed by atoms with E-state index in [0.29, 0.717) is 0 Å². The number of amides is 4. The SMILES string of the molecule is C[C@@]1(C(=O)[C@H](Cc2ccccc2)NC(=O)[C@H](Cc2ccccc2)NC(=O)[C@H](CCC(N)=O)NC(=O)OCc2ccccc2)CO1. The fourth-order valence-corrected chi connectivity index (χ4v) is 4.74. The van der Waals surface area contributed by atoms with Gasteiger partial charge in [-0.25, -0.2) is 4.79 Å². The molecule has 0 spiro atoms. The lowest BCUT2D eigenvalue weighted by Crippen LogP contribution is -2.57. The number of nitrogens with one attached hydrogen (secondary N) is 3. The van der Waals surface area contributed by atoms with Gasteiger partial charge in [0.05, 0.1) is 12.6 Å². The summed E-state index contributed by atoms with van der Waals surface area (Å²) in [5, 5.41) is 8.04. The predicted octanol–water partition coefficient (Wildman–Crippen LogP) is 2.36. The van der Waals surface area contributed by atoms with E-state index in [1.54, 1.807) is 43.3 Å². The monoisotopic (exact) mass is 614 g/mol. The number of rotatable bonds is 16. The summed E-state index contributed by atoms with van der Waals surface area (Å²) in [6.07, 6.45) is -0.865. The maximum atomic E-state index is 13.8. The number of carbonyl (C=O) groups excluding carboxylic acids is 5. The Hall–Kier alpha value is -5.03. The first-order chi connectivity index (χ1) is 21.6. The number of ketones is 1. The van der Waals surface area contributed by atoms with Gasteiger partial charge in [0.15, 0.2) is 5.78 Å². The van der Waals surface area contributed by atoms with Crippen molar-refractivity contribution in [2.75, 3.05) is 6.61 Å². The zero-order chi connectivity index (χ0) is 32.2. The highest BCUT2D eigenvalue weighted by Crippen LogP contribution is 2.29. The van der Waals surface area contributed by atoms with Crippen molar-refractivity contribution in [3.63, 3.8) is 0 Å². The van der Waals surface area contributed by atoms with Crippen LogP contribution in [0, 0.1) is 0 Å². The molecular weight excluding hydrogens is 576 g/mol. The van der Waals surface area contributed by atoms with Crippen LogP contribution in [0.25, 0.3) is 0 Å². The Bertz CT molecular complexity index is 1460. The van der Waals surface area contributed by atoms with Gasteiger partial charge in [-0.05, 0) is 36.5 Å². The van der Waals surface area contributed by atoms with Crippen molar-refractivity contribution < 1.29 is 33.4 Å². The molecule has 236 valence electrons. The Morgan fingerprint density at radius 2 is 1.20 bits per heavy atom. The summed E-state index contributed by atoms with van der Waals surface area (Å²) in [5.74, 6) is -2.24. The van der Waals surface area contributed by atoms with Gasteiger partial charge in [0.2, 0.25) is 17.7 Å². The summed E-state index contributed by atoms with van der Waals surface area (Å²) in [7, 11) is 0. The van der Waals surface area contributed by atoms with Gasteiger partial charge in [-0.2, -0.15) is 0 Å². The highest BCUT2D eigenvalue weighted by molar-refractivity contribution is 5.98. The van der Waals surface area contributed by atoms with Crippen molar-refractivity contribution in [3.8, 4) is 0 Å². The molecule has 0 bridgehead atoms. The molecule has 1 aliphatic rings. The summed E-state index contributed by atoms with van der Waals surface area (Å²) < 4.78 is 10.6. The number of hydrogen-bond acceptors (Lipinski definition) is 7. The molecule has 0 saturated carbocycles. The van der Waals surface area contributed by atoms with E-state index in [9.17, 15) is 24.0 Å². The Labute approximate surface area is 261 Å². The van der Waals surface area contributed by atoms with E-state index >= 15 is 0 Å². The van der Waals surface area contributed by atoms with Gasteiger partial charge in [-0.1, -0.05) is 91.0 Å². The van der Waals surface area contributed by atoms with Crippen LogP contribution in [0.4, 0.5) is 4.79 Å². The fraction of sp³-hybridized carbons (Fsp3) is 0.324. The lowest BCUT2D eigenvalue weighted by Gasteiger charge is -2.26. The molecule has 0 unspecified atom stereocenters. The normalized spacial score (nSPS) is 17.2. The first kappa shape index (κ1) is 32.9. The molecule has 3 aromatic rings. The van der Waals surface area contributed by atoms with Gasteiger partial charge in [0.1, 0.15) is 24.3 Å². The summed E-state index contributed by atoms with van der Waals surface area (Å²) >= 11 is 0. The molecule has 4 atom stereocenters. The minimum atomic E-state index is -1.23. The van der Waals surface area contributed by atoms with E-state index < -0.39 is 47.5 Å². The number of alkyl carbamates (subject to hydrolysis) is 1. The number of benzene rings is 3. The number of hydrogen-bond donors (Lipinski definition) is 4. The second kappa shape index (κ2) is 15.6. The van der Waals surface area contributed by atoms with Gasteiger partial charge in [0, 0.05) is 12.8 Å². The van der Waals surface area contributed by atoms with Crippen LogP contribution in [0.1, 0.15) is 36.5 Å². The highest BCUT2D eigenvalue weighted by Gasteiger charge is 2.50. The van der Waals surface area contributed by atoms with Crippen molar-refractivity contribution in [2.24, 2.45) is 5.73 Å². The van der Waals surface area contributed by atoms with E-state index in [0.717, 1.165) is 16.7 Å². The third kappa shape index (κ3) is 10.3. The lowest BCUT2D eigenvalue weighted by atomic mass is 9.94. The van der Waals surface area contributed by atoms with Crippen LogP contribution in [-0.2, 0) is 48.1 Å². The van der Waals surface area contributed by atoms with E-state index in [1.165, 1.54) is 0 Å². The van der Waals surface area contributed by atoms with E-state index in [2.05, 4.69) is 16.0 Å². The number of epoxide rings is 1. The lowest BCUT2D eigenvalue weighted by molar-refractivity contribution is -0.133. The second-order valence-electron chi connectivity index (χ2n) is 11.1. The summed E-state index contributed by atoms with van der Waals surface area (Å²) in [6, 6.07) is 24.0. The van der Waals surface area contributed by atoms with E-state index in [4.69, 9.17) is 15.2 Å². The molecule has 3 aromatic carbocycles. The summed E-state index contributed by atoms with van der Waals surface area (Å²) in [5.41, 5.74) is 6.67. The molecule has 0 radical (unpaired) electrons. The third-order valence-corrected chi connectivity index (χ3v) is 7.43. The van der Waals surface area contributed by atoms with Crippen LogP contribution in [-0.4, -0.2) is 59.9 Å². The molecule has 0 aliphatic carbocycles. The number of nitrogens with two attached hydrogens (primary N) is 1. The molecule has 1 aliphatic heterocycles. The molecule has 11 heteroatoms. The van der Waals surface area contributed by atoms with Crippen molar-refractivity contribution in [1.29, 1.82) is 0 Å². The molecule has 1 fully saturated rings. The first-order valence-electron chi connectivity index (χ1n) is 14.8. The quantitative estimate of drug-likeness (QED) is 0.180. The minimum absolute atomic E-state index is 0.0324. The Morgan fingerprint density at radius 1 is 0.733 bits per heavy atom. The van der Waals surface area contributed by atoms with Gasteiger partial charge in [-0.3, -0.25) is 19.2 Å². The molecule has 4 rings (SSSR count). The average molecular weight is 615 g/mol. The Morgan fingerprint density at radius 3 is 1.71 bits per heavy atom. The molecule has 1 heterocycles. The van der Waals surface area contributed by atoms with Crippen LogP contribution >= 0.6 is 0 Å². The number of ether oxygens (including phenoxy) is 2. The van der Waals surface area contributed by atoms with Crippen molar-refractivity contribution in [1.82, 2.24) is 16.0 Å². The predicted molar refractivity (Wildman–Crippen MR) is 165 cm³/mol. The average Bonchev–Trinajstić information content (AvgIpc) is 3.80. The zero-order valence-electron chi connectivity index (χ0n) is 25.1. The molecule has 4 amide bonds. The van der Waals surface area contributed by atoms with Crippen LogP contribution in [0.3, 0.4) is 0 Å². The molecule has 45 heavy (non-hydrogen) atoms. The van der Waals surface area contributed by atoms with Crippen LogP contribution in [0.15, 0.2) is 91.0 Å². The zero-order valence-corrected chi connectivity index (χ0v) is 25.1. The number of primary amides is 1. The van der Waals surface area contributed by atoms with Crippen LogP contribution < -0.4 is 21.7 Å². The largest absolute Gasteiger partial charge is 0.445 e. The Kier molecular flexibility index (Phi) is 11.4. The highest BCUT2D eigenvalue weighted by atomic mass is 16.6.